The Kier molecular flexibility index (Phi) is 3.17. The number of hydrogen-bond donors (Lipinski definition) is 2. The van der Waals surface area contributed by atoms with Gasteiger partial charge in [0, 0.05) is 18.1 Å². The molecule has 0 saturated carbocycles. The predicted octanol–water partition coefficient (Wildman–Crippen LogP) is 0.673. The van der Waals surface area contributed by atoms with Crippen LogP contribution < -0.4 is 5.32 Å². The maximum atomic E-state index is 12.0. The Bertz CT molecular complexity index is 529. The normalized spacial score (nSPS) is 29.4. The highest BCUT2D eigenvalue weighted by Crippen LogP contribution is 2.34. The number of hydrogen-bond acceptors (Lipinski definition) is 5. The molecule has 1 aromatic rings. The van der Waals surface area contributed by atoms with Crippen LogP contribution in [0.3, 0.4) is 0 Å². The van der Waals surface area contributed by atoms with Gasteiger partial charge < -0.3 is 20.3 Å². The van der Waals surface area contributed by atoms with Crippen molar-refractivity contribution in [2.45, 2.75) is 43.8 Å². The molecule has 0 radical (unpaired) electrons. The zero-order chi connectivity index (χ0) is 14.3. The van der Waals surface area contributed by atoms with Gasteiger partial charge in [0.25, 0.3) is 5.91 Å². The van der Waals surface area contributed by atoms with Gasteiger partial charge >= 0.3 is 5.82 Å². The van der Waals surface area contributed by atoms with Crippen LogP contribution in [0.5, 0.6) is 0 Å². The molecule has 0 aromatic carbocycles. The van der Waals surface area contributed by atoms with Crippen LogP contribution in [0.1, 0.15) is 36.2 Å². The Hall–Kier alpha value is -1.96. The molecule has 2 aliphatic rings. The summed E-state index contributed by atoms with van der Waals surface area (Å²) in [6.07, 6.45) is 4.24. The highest BCUT2D eigenvalue weighted by atomic mass is 16.6. The largest absolute Gasteiger partial charge is 0.358 e. The first-order chi connectivity index (χ1) is 9.54. The molecule has 2 fully saturated rings. The summed E-state index contributed by atoms with van der Waals surface area (Å²) < 4.78 is 0. The second-order valence-corrected chi connectivity index (χ2v) is 5.59. The van der Waals surface area contributed by atoms with Crippen molar-refractivity contribution in [2.24, 2.45) is 0 Å². The lowest BCUT2D eigenvalue weighted by Gasteiger charge is -2.36. The molecule has 2 bridgehead atoms. The average molecular weight is 279 g/mol. The van der Waals surface area contributed by atoms with E-state index >= 15 is 0 Å². The molecule has 0 spiro atoms. The van der Waals surface area contributed by atoms with Gasteiger partial charge in [0.2, 0.25) is 0 Å². The van der Waals surface area contributed by atoms with Crippen molar-refractivity contribution in [3.63, 3.8) is 0 Å². The van der Waals surface area contributed by atoms with Gasteiger partial charge in [0.05, 0.1) is 6.07 Å². The summed E-state index contributed by atoms with van der Waals surface area (Å²) in [7, 11) is 2.14. The molecule has 8 nitrogen and oxygen atoms in total. The summed E-state index contributed by atoms with van der Waals surface area (Å²) >= 11 is 0. The molecule has 2 aliphatic heterocycles. The van der Waals surface area contributed by atoms with E-state index in [2.05, 4.69) is 27.5 Å². The fourth-order valence-electron chi connectivity index (χ4n) is 3.31. The summed E-state index contributed by atoms with van der Waals surface area (Å²) in [5, 5.41) is 19.4. The average Bonchev–Trinajstić information content (AvgIpc) is 2.95. The molecule has 1 unspecified atom stereocenters. The van der Waals surface area contributed by atoms with Crippen LogP contribution in [0, 0.1) is 10.1 Å². The Labute approximate surface area is 115 Å². The van der Waals surface area contributed by atoms with Crippen molar-refractivity contribution in [3.05, 3.63) is 21.9 Å². The minimum atomic E-state index is -0.598. The number of aromatic nitrogens is 2. The van der Waals surface area contributed by atoms with Crippen molar-refractivity contribution in [3.8, 4) is 0 Å². The van der Waals surface area contributed by atoms with E-state index < -0.39 is 4.92 Å². The molecule has 1 amide bonds. The number of nitrogens with one attached hydrogen (secondary N) is 2. The van der Waals surface area contributed by atoms with Crippen LogP contribution in [-0.4, -0.2) is 51.1 Å². The standard InChI is InChI=1S/C12H17N5O3/c1-16-8-2-3-9(16)5-7(4-8)13-12(18)10-6-11(15-14-10)17(19)20/h6-9H,2-5H2,1H3,(H,13,18)(H,14,15)/t7?,8-,9+. The molecule has 3 rings (SSSR count). The maximum Gasteiger partial charge on any atom is 0.343 e. The van der Waals surface area contributed by atoms with Crippen molar-refractivity contribution in [1.29, 1.82) is 0 Å². The number of nitro groups is 1. The van der Waals surface area contributed by atoms with Crippen LogP contribution >= 0.6 is 0 Å². The molecule has 3 heterocycles. The zero-order valence-corrected chi connectivity index (χ0v) is 11.2. The Morgan fingerprint density at radius 1 is 1.50 bits per heavy atom. The molecular weight excluding hydrogens is 262 g/mol. The van der Waals surface area contributed by atoms with Gasteiger partial charge in [0.1, 0.15) is 0 Å². The third kappa shape index (κ3) is 2.26. The topological polar surface area (TPSA) is 104 Å². The van der Waals surface area contributed by atoms with Gasteiger partial charge in [-0.15, -0.1) is 5.10 Å². The number of H-pyrrole nitrogens is 1. The molecule has 8 heteroatoms. The van der Waals surface area contributed by atoms with Crippen LogP contribution in [0.15, 0.2) is 6.07 Å². The third-order valence-corrected chi connectivity index (χ3v) is 4.43. The van der Waals surface area contributed by atoms with E-state index in [9.17, 15) is 14.9 Å². The summed E-state index contributed by atoms with van der Waals surface area (Å²) in [5.41, 5.74) is 0.0722. The summed E-state index contributed by atoms with van der Waals surface area (Å²) in [5.74, 6) is -0.609. The number of fused-ring (bicyclic) bond motifs is 2. The van der Waals surface area contributed by atoms with Crippen LogP contribution in [0.4, 0.5) is 5.82 Å². The Morgan fingerprint density at radius 3 is 2.70 bits per heavy atom. The smallest absolute Gasteiger partial charge is 0.343 e. The lowest BCUT2D eigenvalue weighted by atomic mass is 9.98. The molecule has 0 aliphatic carbocycles. The number of amides is 1. The van der Waals surface area contributed by atoms with E-state index in [4.69, 9.17) is 0 Å². The van der Waals surface area contributed by atoms with E-state index in [1.807, 2.05) is 0 Å². The molecular formula is C12H17N5O3. The summed E-state index contributed by atoms with van der Waals surface area (Å²) in [6, 6.07) is 2.37. The van der Waals surface area contributed by atoms with E-state index in [1.54, 1.807) is 0 Å². The highest BCUT2D eigenvalue weighted by molar-refractivity contribution is 5.92. The van der Waals surface area contributed by atoms with Crippen molar-refractivity contribution in [1.82, 2.24) is 20.4 Å². The van der Waals surface area contributed by atoms with Gasteiger partial charge in [0.15, 0.2) is 5.69 Å². The number of carbonyl (C=O) groups is 1. The Balaban J connectivity index is 1.63. The monoisotopic (exact) mass is 279 g/mol. The molecule has 2 N–H and O–H groups in total. The molecule has 1 aromatic heterocycles. The first-order valence-electron chi connectivity index (χ1n) is 6.77. The minimum absolute atomic E-state index is 0.0722. The summed E-state index contributed by atoms with van der Waals surface area (Å²) in [6.45, 7) is 0. The van der Waals surface area contributed by atoms with Crippen molar-refractivity contribution < 1.29 is 9.72 Å². The number of carbonyl (C=O) groups excluding carboxylic acids is 1. The van der Waals surface area contributed by atoms with Gasteiger partial charge in [-0.3, -0.25) is 4.79 Å². The van der Waals surface area contributed by atoms with Crippen molar-refractivity contribution in [2.75, 3.05) is 7.05 Å². The van der Waals surface area contributed by atoms with E-state index in [0.29, 0.717) is 12.1 Å². The number of nitrogens with zero attached hydrogens (tertiary/aromatic N) is 3. The third-order valence-electron chi connectivity index (χ3n) is 4.43. The lowest BCUT2D eigenvalue weighted by Crippen LogP contribution is -2.48. The lowest BCUT2D eigenvalue weighted by molar-refractivity contribution is -0.389. The number of rotatable bonds is 3. The van der Waals surface area contributed by atoms with Crippen LogP contribution in [0.2, 0.25) is 0 Å². The second kappa shape index (κ2) is 4.86. The second-order valence-electron chi connectivity index (χ2n) is 5.59. The summed E-state index contributed by atoms with van der Waals surface area (Å²) in [4.78, 5) is 24.4. The van der Waals surface area contributed by atoms with Crippen LogP contribution in [0.25, 0.3) is 0 Å². The SMILES string of the molecule is CN1[C@@H]2CC[C@H]1CC(NC(=O)c1cc([N+](=O)[O-])[nH]n1)C2. The number of piperidine rings is 1. The van der Waals surface area contributed by atoms with E-state index in [-0.39, 0.29) is 23.5 Å². The molecule has 108 valence electrons. The van der Waals surface area contributed by atoms with E-state index in [1.165, 1.54) is 18.9 Å². The molecule has 20 heavy (non-hydrogen) atoms. The fourth-order valence-corrected chi connectivity index (χ4v) is 3.31. The highest BCUT2D eigenvalue weighted by Gasteiger charge is 2.39. The molecule has 3 atom stereocenters. The van der Waals surface area contributed by atoms with Gasteiger partial charge in [-0.25, -0.2) is 0 Å². The number of aromatic amines is 1. The van der Waals surface area contributed by atoms with Gasteiger partial charge in [-0.1, -0.05) is 5.10 Å². The minimum Gasteiger partial charge on any atom is -0.358 e. The van der Waals surface area contributed by atoms with E-state index in [0.717, 1.165) is 12.8 Å². The maximum absolute atomic E-state index is 12.0. The quantitative estimate of drug-likeness (QED) is 0.625. The van der Waals surface area contributed by atoms with Crippen LogP contribution in [-0.2, 0) is 0 Å². The molecule has 2 saturated heterocycles. The van der Waals surface area contributed by atoms with Gasteiger partial charge in [-0.05, 0) is 37.7 Å². The Morgan fingerprint density at radius 2 is 2.15 bits per heavy atom. The first-order valence-corrected chi connectivity index (χ1v) is 6.77. The zero-order valence-electron chi connectivity index (χ0n) is 11.2. The fraction of sp³-hybridized carbons (Fsp3) is 0.667. The van der Waals surface area contributed by atoms with Gasteiger partial charge in [-0.2, -0.15) is 0 Å². The first kappa shape index (κ1) is 13.0. The predicted molar refractivity (Wildman–Crippen MR) is 70.3 cm³/mol. The van der Waals surface area contributed by atoms with Crippen molar-refractivity contribution >= 4 is 11.7 Å².